The Morgan fingerprint density at radius 2 is 1.64 bits per heavy atom. The monoisotopic (exact) mass is 592 g/mol. The van der Waals surface area contributed by atoms with Crippen molar-refractivity contribution < 1.29 is 36.6 Å². The van der Waals surface area contributed by atoms with Gasteiger partial charge >= 0.3 is 12.1 Å². The SMILES string of the molecule is CN1CCN(C(=O)c2ccc([C@H]3C[C@@]4(C)[C@@H](CC[C@@]4(O)C(F)(F)C(F)(F)F)[C@@H]4CCC5=CC(=O)CCC5=C43)cc2)CC1. The lowest BCUT2D eigenvalue weighted by atomic mass is 9.50. The quantitative estimate of drug-likeness (QED) is 0.444. The second-order valence-corrected chi connectivity index (χ2v) is 13.2. The molecular weight excluding hydrogens is 555 g/mol. The van der Waals surface area contributed by atoms with Crippen molar-refractivity contribution in [2.24, 2.45) is 17.3 Å². The second-order valence-electron chi connectivity index (χ2n) is 13.2. The number of likely N-dealkylation sites (N-methyl/N-ethyl adjacent to an activating group) is 1. The Morgan fingerprint density at radius 3 is 2.29 bits per heavy atom. The van der Waals surface area contributed by atoms with Gasteiger partial charge < -0.3 is 14.9 Å². The fourth-order valence-corrected chi connectivity index (χ4v) is 8.76. The summed E-state index contributed by atoms with van der Waals surface area (Å²) in [4.78, 5) is 29.3. The molecular formula is C32H37F5N2O3. The molecule has 2 saturated carbocycles. The number of hydrogen-bond acceptors (Lipinski definition) is 4. The molecule has 0 radical (unpaired) electrons. The van der Waals surface area contributed by atoms with Gasteiger partial charge in [0.15, 0.2) is 5.78 Å². The molecule has 0 unspecified atom stereocenters. The number of halogens is 5. The van der Waals surface area contributed by atoms with Crippen LogP contribution in [0.5, 0.6) is 0 Å². The first-order valence-electron chi connectivity index (χ1n) is 14.9. The fraction of sp³-hybridized carbons (Fsp3) is 0.625. The molecule has 42 heavy (non-hydrogen) atoms. The average molecular weight is 593 g/mol. The van der Waals surface area contributed by atoms with Crippen LogP contribution in [0.15, 0.2) is 47.1 Å². The number of piperazine rings is 1. The van der Waals surface area contributed by atoms with Crippen molar-refractivity contribution in [2.75, 3.05) is 33.2 Å². The Balaban J connectivity index is 1.42. The van der Waals surface area contributed by atoms with Gasteiger partial charge in [-0.15, -0.1) is 0 Å². The molecule has 228 valence electrons. The third-order valence-electron chi connectivity index (χ3n) is 11.1. The maximum Gasteiger partial charge on any atom is 0.456 e. The Hall–Kier alpha value is -2.59. The Morgan fingerprint density at radius 1 is 0.976 bits per heavy atom. The lowest BCUT2D eigenvalue weighted by Crippen LogP contribution is -2.65. The molecule has 1 aliphatic heterocycles. The zero-order chi connectivity index (χ0) is 30.2. The summed E-state index contributed by atoms with van der Waals surface area (Å²) in [5, 5.41) is 11.4. The van der Waals surface area contributed by atoms with Gasteiger partial charge in [0.2, 0.25) is 0 Å². The minimum Gasteiger partial charge on any atom is -0.383 e. The maximum absolute atomic E-state index is 15.2. The van der Waals surface area contributed by atoms with Crippen LogP contribution in [-0.2, 0) is 4.79 Å². The summed E-state index contributed by atoms with van der Waals surface area (Å²) in [6.07, 6.45) is -2.93. The van der Waals surface area contributed by atoms with E-state index in [1.54, 1.807) is 35.2 Å². The van der Waals surface area contributed by atoms with Crippen LogP contribution in [0.2, 0.25) is 0 Å². The van der Waals surface area contributed by atoms with Gasteiger partial charge in [0, 0.05) is 49.5 Å². The third kappa shape index (κ3) is 4.30. The number of benzene rings is 1. The van der Waals surface area contributed by atoms with Gasteiger partial charge in [-0.2, -0.15) is 22.0 Å². The molecule has 10 heteroatoms. The molecule has 0 bridgehead atoms. The Labute approximate surface area is 242 Å². The van der Waals surface area contributed by atoms with Crippen molar-refractivity contribution in [3.63, 3.8) is 0 Å². The zero-order valence-corrected chi connectivity index (χ0v) is 23.9. The van der Waals surface area contributed by atoms with Gasteiger partial charge in [-0.25, -0.2) is 0 Å². The molecule has 4 aliphatic carbocycles. The van der Waals surface area contributed by atoms with E-state index in [1.807, 2.05) is 7.05 Å². The molecule has 6 rings (SSSR count). The van der Waals surface area contributed by atoms with Gasteiger partial charge in [-0.1, -0.05) is 24.6 Å². The molecule has 5 atom stereocenters. The first-order chi connectivity index (χ1) is 19.7. The minimum atomic E-state index is -5.88. The first-order valence-corrected chi connectivity index (χ1v) is 14.9. The summed E-state index contributed by atoms with van der Waals surface area (Å²) in [6.45, 7) is 4.18. The number of carbonyl (C=O) groups excluding carboxylic acids is 2. The lowest BCUT2D eigenvalue weighted by Gasteiger charge is -2.56. The summed E-state index contributed by atoms with van der Waals surface area (Å²) in [5.41, 5.74) is -0.764. The molecule has 5 nitrogen and oxygen atoms in total. The van der Waals surface area contributed by atoms with E-state index >= 15 is 8.78 Å². The molecule has 1 N–H and O–H groups in total. The summed E-state index contributed by atoms with van der Waals surface area (Å²) < 4.78 is 71.6. The van der Waals surface area contributed by atoms with Crippen molar-refractivity contribution in [1.29, 1.82) is 0 Å². The Kier molecular flexibility index (Phi) is 7.00. The standard InChI is InChI=1S/C32H37F5N2O3/c1-29-18-25(19-3-5-20(6-4-19)28(41)39-15-13-38(2)14-16-39)27-23-10-8-22(40)17-21(23)7-9-24(27)26(29)11-12-30(29,42)31(33,34)32(35,36)37/h3-6,17,24-26,42H,7-16,18H2,1-2H3/t24-,25+,26-,29-,30-/m0/s1. The van der Waals surface area contributed by atoms with Crippen LogP contribution in [0.1, 0.15) is 73.7 Å². The Bertz CT molecular complexity index is 1340. The van der Waals surface area contributed by atoms with Crippen LogP contribution >= 0.6 is 0 Å². The molecule has 0 spiro atoms. The molecule has 1 amide bonds. The number of allylic oxidation sites excluding steroid dienone is 4. The number of rotatable bonds is 3. The van der Waals surface area contributed by atoms with Crippen molar-refractivity contribution >= 4 is 11.7 Å². The molecule has 5 aliphatic rings. The predicted octanol–water partition coefficient (Wildman–Crippen LogP) is 5.90. The van der Waals surface area contributed by atoms with Crippen molar-refractivity contribution in [3.8, 4) is 0 Å². The number of alkyl halides is 5. The third-order valence-corrected chi connectivity index (χ3v) is 11.1. The lowest BCUT2D eigenvalue weighted by molar-refractivity contribution is -0.362. The highest BCUT2D eigenvalue weighted by molar-refractivity contribution is 5.94. The van der Waals surface area contributed by atoms with Gasteiger partial charge in [-0.05, 0) is 92.3 Å². The van der Waals surface area contributed by atoms with Crippen molar-refractivity contribution in [1.82, 2.24) is 9.80 Å². The maximum atomic E-state index is 15.2. The van der Waals surface area contributed by atoms with E-state index in [1.165, 1.54) is 6.92 Å². The van der Waals surface area contributed by atoms with E-state index in [0.717, 1.165) is 35.4 Å². The van der Waals surface area contributed by atoms with E-state index < -0.39 is 41.4 Å². The highest BCUT2D eigenvalue weighted by atomic mass is 19.4. The molecule has 3 fully saturated rings. The van der Waals surface area contributed by atoms with E-state index in [9.17, 15) is 27.9 Å². The zero-order valence-electron chi connectivity index (χ0n) is 23.9. The van der Waals surface area contributed by atoms with Crippen LogP contribution in [0, 0.1) is 17.3 Å². The summed E-state index contributed by atoms with van der Waals surface area (Å²) in [7, 11) is 2.00. The summed E-state index contributed by atoms with van der Waals surface area (Å²) in [6, 6.07) is 6.98. The highest BCUT2D eigenvalue weighted by Gasteiger charge is 2.79. The van der Waals surface area contributed by atoms with Crippen molar-refractivity contribution in [2.45, 2.75) is 75.5 Å². The number of fused-ring (bicyclic) bond motifs is 4. The van der Waals surface area contributed by atoms with Crippen LogP contribution in [0.4, 0.5) is 22.0 Å². The second kappa shape index (κ2) is 9.97. The number of aliphatic hydroxyl groups is 1. The number of amides is 1. The van der Waals surface area contributed by atoms with Gasteiger partial charge in [0.25, 0.3) is 5.91 Å². The predicted molar refractivity (Wildman–Crippen MR) is 146 cm³/mol. The highest BCUT2D eigenvalue weighted by Crippen LogP contribution is 2.70. The van der Waals surface area contributed by atoms with Crippen LogP contribution in [-0.4, -0.2) is 77.5 Å². The smallest absolute Gasteiger partial charge is 0.383 e. The van der Waals surface area contributed by atoms with Crippen LogP contribution in [0.25, 0.3) is 0 Å². The number of nitrogens with zero attached hydrogens (tertiary/aromatic N) is 2. The van der Waals surface area contributed by atoms with Gasteiger partial charge in [0.05, 0.1) is 0 Å². The minimum absolute atomic E-state index is 0.0387. The molecule has 1 heterocycles. The van der Waals surface area contributed by atoms with Crippen LogP contribution < -0.4 is 0 Å². The van der Waals surface area contributed by atoms with Gasteiger partial charge in [-0.3, -0.25) is 9.59 Å². The van der Waals surface area contributed by atoms with Crippen LogP contribution in [0.3, 0.4) is 0 Å². The normalized spacial score (nSPS) is 34.1. The van der Waals surface area contributed by atoms with E-state index in [4.69, 9.17) is 0 Å². The largest absolute Gasteiger partial charge is 0.456 e. The van der Waals surface area contributed by atoms with E-state index in [-0.39, 0.29) is 30.4 Å². The first kappa shape index (κ1) is 29.5. The average Bonchev–Trinajstić information content (AvgIpc) is 3.23. The van der Waals surface area contributed by atoms with Crippen molar-refractivity contribution in [3.05, 3.63) is 58.2 Å². The van der Waals surface area contributed by atoms with E-state index in [2.05, 4.69) is 4.90 Å². The number of hydrogen-bond donors (Lipinski definition) is 1. The fourth-order valence-electron chi connectivity index (χ4n) is 8.76. The van der Waals surface area contributed by atoms with E-state index in [0.29, 0.717) is 44.3 Å². The molecule has 1 aromatic carbocycles. The molecule has 0 aromatic heterocycles. The summed E-state index contributed by atoms with van der Waals surface area (Å²) >= 11 is 0. The number of ketones is 1. The van der Waals surface area contributed by atoms with Gasteiger partial charge in [0.1, 0.15) is 5.60 Å². The summed E-state index contributed by atoms with van der Waals surface area (Å²) in [5.74, 6) is -6.69. The number of carbonyl (C=O) groups is 2. The molecule has 1 saturated heterocycles. The topological polar surface area (TPSA) is 60.9 Å². The molecule has 1 aromatic rings.